The summed E-state index contributed by atoms with van der Waals surface area (Å²) in [5, 5.41) is 13.4. The zero-order valence-corrected chi connectivity index (χ0v) is 8.51. The van der Waals surface area contributed by atoms with Gasteiger partial charge in [-0.3, -0.25) is 0 Å². The molecule has 78 valence electrons. The summed E-state index contributed by atoms with van der Waals surface area (Å²) in [6.45, 7) is 1.76. The second-order valence-electron chi connectivity index (χ2n) is 3.35. The molecule has 0 saturated heterocycles. The minimum Gasteiger partial charge on any atom is -0.391 e. The Morgan fingerprint density at radius 2 is 2.00 bits per heavy atom. The Bertz CT molecular complexity index is 462. The minimum absolute atomic E-state index is 0.0789. The van der Waals surface area contributed by atoms with Crippen LogP contribution in [-0.4, -0.2) is 14.9 Å². The standard InChI is InChI=1S/C11H13N3O/c1-8-10(7-15)11(12)14(13-8)9-5-3-2-4-6-9/h2-6,15H,7,12H2,1H3. The SMILES string of the molecule is Cc1nn(-c2ccccc2)c(N)c1CO. The molecule has 0 aliphatic carbocycles. The van der Waals surface area contributed by atoms with E-state index in [0.29, 0.717) is 11.4 Å². The Morgan fingerprint density at radius 3 is 2.53 bits per heavy atom. The summed E-state index contributed by atoms with van der Waals surface area (Å²) in [5.74, 6) is 0.501. The highest BCUT2D eigenvalue weighted by molar-refractivity contribution is 5.49. The Balaban J connectivity index is 2.55. The second kappa shape index (κ2) is 3.74. The number of aryl methyl sites for hydroxylation is 1. The van der Waals surface area contributed by atoms with Crippen LogP contribution in [0.4, 0.5) is 5.82 Å². The highest BCUT2D eigenvalue weighted by Crippen LogP contribution is 2.20. The van der Waals surface area contributed by atoms with Crippen LogP contribution in [0.3, 0.4) is 0 Å². The van der Waals surface area contributed by atoms with E-state index < -0.39 is 0 Å². The maximum Gasteiger partial charge on any atom is 0.133 e. The largest absolute Gasteiger partial charge is 0.391 e. The Morgan fingerprint density at radius 1 is 1.33 bits per heavy atom. The highest BCUT2D eigenvalue weighted by Gasteiger charge is 2.11. The lowest BCUT2D eigenvalue weighted by Gasteiger charge is -2.03. The van der Waals surface area contributed by atoms with Crippen molar-refractivity contribution in [1.29, 1.82) is 0 Å². The molecule has 0 aliphatic heterocycles. The number of benzene rings is 1. The third kappa shape index (κ3) is 1.59. The molecule has 2 aromatic rings. The summed E-state index contributed by atoms with van der Waals surface area (Å²) in [6.07, 6.45) is 0. The normalized spacial score (nSPS) is 10.5. The molecule has 0 saturated carbocycles. The van der Waals surface area contributed by atoms with Crippen molar-refractivity contribution in [2.24, 2.45) is 0 Å². The number of aliphatic hydroxyl groups is 1. The molecular weight excluding hydrogens is 190 g/mol. The fourth-order valence-electron chi connectivity index (χ4n) is 1.54. The molecular formula is C11H13N3O. The van der Waals surface area contributed by atoms with Crippen LogP contribution in [0.5, 0.6) is 0 Å². The Labute approximate surface area is 88.0 Å². The summed E-state index contributed by atoms with van der Waals surface area (Å²) in [6, 6.07) is 9.62. The van der Waals surface area contributed by atoms with Crippen molar-refractivity contribution < 1.29 is 5.11 Å². The number of hydrogen-bond donors (Lipinski definition) is 2. The van der Waals surface area contributed by atoms with Crippen molar-refractivity contribution in [3.05, 3.63) is 41.6 Å². The Kier molecular flexibility index (Phi) is 2.43. The molecule has 4 heteroatoms. The number of rotatable bonds is 2. The van der Waals surface area contributed by atoms with Crippen LogP contribution in [0, 0.1) is 6.92 Å². The van der Waals surface area contributed by atoms with Crippen LogP contribution in [0.2, 0.25) is 0 Å². The first-order valence-electron chi connectivity index (χ1n) is 4.74. The first-order valence-corrected chi connectivity index (χ1v) is 4.74. The summed E-state index contributed by atoms with van der Waals surface area (Å²) in [7, 11) is 0. The smallest absolute Gasteiger partial charge is 0.133 e. The monoisotopic (exact) mass is 203 g/mol. The van der Waals surface area contributed by atoms with Crippen molar-refractivity contribution >= 4 is 5.82 Å². The lowest BCUT2D eigenvalue weighted by molar-refractivity contribution is 0.282. The summed E-state index contributed by atoms with van der Waals surface area (Å²) < 4.78 is 1.64. The van der Waals surface area contributed by atoms with Crippen molar-refractivity contribution in [2.75, 3.05) is 5.73 Å². The predicted octanol–water partition coefficient (Wildman–Crippen LogP) is 1.26. The van der Waals surface area contributed by atoms with Gasteiger partial charge in [-0.1, -0.05) is 18.2 Å². The van der Waals surface area contributed by atoms with Gasteiger partial charge < -0.3 is 10.8 Å². The van der Waals surface area contributed by atoms with Crippen molar-refractivity contribution in [3.8, 4) is 5.69 Å². The summed E-state index contributed by atoms with van der Waals surface area (Å²) in [4.78, 5) is 0. The predicted molar refractivity (Wildman–Crippen MR) is 58.6 cm³/mol. The van der Waals surface area contributed by atoms with Gasteiger partial charge in [-0.15, -0.1) is 0 Å². The molecule has 4 nitrogen and oxygen atoms in total. The molecule has 2 rings (SSSR count). The molecule has 0 aliphatic rings. The van der Waals surface area contributed by atoms with Gasteiger partial charge in [-0.25, -0.2) is 4.68 Å². The third-order valence-electron chi connectivity index (χ3n) is 2.38. The first kappa shape index (κ1) is 9.73. The van der Waals surface area contributed by atoms with E-state index >= 15 is 0 Å². The number of nitrogens with two attached hydrogens (primary N) is 1. The maximum atomic E-state index is 9.13. The molecule has 0 bridgehead atoms. The highest BCUT2D eigenvalue weighted by atomic mass is 16.3. The third-order valence-corrected chi connectivity index (χ3v) is 2.38. The number of hydrogen-bond acceptors (Lipinski definition) is 3. The fraction of sp³-hybridized carbons (Fsp3) is 0.182. The van der Waals surface area contributed by atoms with Gasteiger partial charge >= 0.3 is 0 Å². The quantitative estimate of drug-likeness (QED) is 0.772. The number of nitrogens with zero attached hydrogens (tertiary/aromatic N) is 2. The van der Waals surface area contributed by atoms with Crippen LogP contribution in [0.25, 0.3) is 5.69 Å². The summed E-state index contributed by atoms with van der Waals surface area (Å²) in [5.41, 5.74) is 8.24. The molecule has 15 heavy (non-hydrogen) atoms. The number of anilines is 1. The zero-order chi connectivity index (χ0) is 10.8. The van der Waals surface area contributed by atoms with Crippen molar-refractivity contribution in [2.45, 2.75) is 13.5 Å². The van der Waals surface area contributed by atoms with Crippen LogP contribution in [0.15, 0.2) is 30.3 Å². The molecule has 0 fully saturated rings. The van der Waals surface area contributed by atoms with E-state index in [1.165, 1.54) is 0 Å². The molecule has 3 N–H and O–H groups in total. The topological polar surface area (TPSA) is 64.1 Å². The van der Waals surface area contributed by atoms with E-state index in [4.69, 9.17) is 10.8 Å². The zero-order valence-electron chi connectivity index (χ0n) is 8.51. The van der Waals surface area contributed by atoms with Gasteiger partial charge in [0.05, 0.1) is 18.0 Å². The van der Waals surface area contributed by atoms with Crippen LogP contribution in [-0.2, 0) is 6.61 Å². The average Bonchev–Trinajstić information content (AvgIpc) is 2.55. The van der Waals surface area contributed by atoms with Crippen LogP contribution >= 0.6 is 0 Å². The Hall–Kier alpha value is -1.81. The van der Waals surface area contributed by atoms with E-state index in [1.54, 1.807) is 4.68 Å². The van der Waals surface area contributed by atoms with Gasteiger partial charge in [0.2, 0.25) is 0 Å². The van der Waals surface area contributed by atoms with Gasteiger partial charge in [-0.2, -0.15) is 5.10 Å². The number of aromatic nitrogens is 2. The molecule has 1 aromatic carbocycles. The first-order chi connectivity index (χ1) is 7.24. The van der Waals surface area contributed by atoms with Gasteiger partial charge in [0.1, 0.15) is 5.82 Å². The van der Waals surface area contributed by atoms with E-state index in [1.807, 2.05) is 37.3 Å². The number of nitrogen functional groups attached to an aromatic ring is 1. The molecule has 1 aromatic heterocycles. The lowest BCUT2D eigenvalue weighted by Crippen LogP contribution is -2.02. The van der Waals surface area contributed by atoms with E-state index in [0.717, 1.165) is 11.4 Å². The van der Waals surface area contributed by atoms with Gasteiger partial charge in [0, 0.05) is 5.56 Å². The van der Waals surface area contributed by atoms with E-state index in [2.05, 4.69) is 5.10 Å². The molecule has 0 spiro atoms. The molecule has 1 heterocycles. The van der Waals surface area contributed by atoms with Gasteiger partial charge in [0.15, 0.2) is 0 Å². The minimum atomic E-state index is -0.0789. The fourth-order valence-corrected chi connectivity index (χ4v) is 1.54. The van der Waals surface area contributed by atoms with E-state index in [9.17, 15) is 0 Å². The second-order valence-corrected chi connectivity index (χ2v) is 3.35. The van der Waals surface area contributed by atoms with E-state index in [-0.39, 0.29) is 6.61 Å². The summed E-state index contributed by atoms with van der Waals surface area (Å²) >= 11 is 0. The van der Waals surface area contributed by atoms with Gasteiger partial charge in [0.25, 0.3) is 0 Å². The lowest BCUT2D eigenvalue weighted by atomic mass is 10.2. The van der Waals surface area contributed by atoms with Crippen LogP contribution < -0.4 is 5.73 Å². The molecule has 0 unspecified atom stereocenters. The van der Waals surface area contributed by atoms with Crippen LogP contribution in [0.1, 0.15) is 11.3 Å². The van der Waals surface area contributed by atoms with Crippen molar-refractivity contribution in [3.63, 3.8) is 0 Å². The van der Waals surface area contributed by atoms with Gasteiger partial charge in [-0.05, 0) is 19.1 Å². The average molecular weight is 203 g/mol. The molecule has 0 amide bonds. The number of para-hydroxylation sites is 1. The molecule has 0 atom stereocenters. The maximum absolute atomic E-state index is 9.13. The number of aliphatic hydroxyl groups excluding tert-OH is 1. The molecule has 0 radical (unpaired) electrons. The van der Waals surface area contributed by atoms with Crippen molar-refractivity contribution in [1.82, 2.24) is 9.78 Å².